The molecule has 106 valence electrons. The maximum atomic E-state index is 12.4. The minimum absolute atomic E-state index is 0.0597. The molecule has 1 aromatic heterocycles. The molecule has 2 N–H and O–H groups in total. The molecule has 0 saturated carbocycles. The zero-order chi connectivity index (χ0) is 14.6. The van der Waals surface area contributed by atoms with Crippen LogP contribution in [0.2, 0.25) is 0 Å². The molecular formula is C13H11F3N2OS. The van der Waals surface area contributed by atoms with Crippen LogP contribution in [0.25, 0.3) is 0 Å². The van der Waals surface area contributed by atoms with E-state index in [4.69, 9.17) is 10.6 Å². The normalized spacial score (nSPS) is 12.4. The summed E-state index contributed by atoms with van der Waals surface area (Å²) in [6, 6.07) is 8.33. The van der Waals surface area contributed by atoms with Crippen LogP contribution in [0.15, 0.2) is 46.9 Å². The zero-order valence-electron chi connectivity index (χ0n) is 10.2. The van der Waals surface area contributed by atoms with E-state index in [-0.39, 0.29) is 12.4 Å². The van der Waals surface area contributed by atoms with Crippen molar-refractivity contribution in [3.63, 3.8) is 0 Å². The Morgan fingerprint density at radius 2 is 1.90 bits per heavy atom. The van der Waals surface area contributed by atoms with E-state index in [2.05, 4.69) is 5.16 Å². The smallest absolute Gasteiger partial charge is 0.389 e. The molecule has 3 nitrogen and oxygen atoms in total. The van der Waals surface area contributed by atoms with Gasteiger partial charge in [0.25, 0.3) is 0 Å². The van der Waals surface area contributed by atoms with Gasteiger partial charge < -0.3 is 10.6 Å². The molecule has 2 aromatic rings. The molecule has 0 saturated heterocycles. The lowest BCUT2D eigenvalue weighted by Crippen LogP contribution is -2.12. The van der Waals surface area contributed by atoms with Gasteiger partial charge in [-0.25, -0.2) is 0 Å². The highest BCUT2D eigenvalue weighted by Crippen LogP contribution is 2.29. The van der Waals surface area contributed by atoms with Crippen LogP contribution < -0.4 is 5.73 Å². The van der Waals surface area contributed by atoms with Crippen molar-refractivity contribution in [1.29, 1.82) is 0 Å². The Morgan fingerprint density at radius 1 is 1.20 bits per heavy atom. The van der Waals surface area contributed by atoms with Crippen LogP contribution in [0.4, 0.5) is 13.2 Å². The first-order valence-corrected chi connectivity index (χ1v) is 6.50. The molecule has 1 aromatic carbocycles. The van der Waals surface area contributed by atoms with Gasteiger partial charge in [0, 0.05) is 0 Å². The Hall–Kier alpha value is -2.02. The standard InChI is InChI=1S/C13H11F3N2OS/c14-13(15,16)10-5-3-9(4-6-10)8-19-18-12(17)11-2-1-7-20-11/h1-7H,8H2,(H2,17,18). The molecule has 1 heterocycles. The van der Waals surface area contributed by atoms with E-state index in [1.807, 2.05) is 11.4 Å². The van der Waals surface area contributed by atoms with Crippen molar-refractivity contribution in [2.24, 2.45) is 10.9 Å². The molecule has 0 aliphatic carbocycles. The van der Waals surface area contributed by atoms with Gasteiger partial charge >= 0.3 is 6.18 Å². The summed E-state index contributed by atoms with van der Waals surface area (Å²) >= 11 is 1.42. The number of thiophene rings is 1. The van der Waals surface area contributed by atoms with Crippen molar-refractivity contribution in [2.75, 3.05) is 0 Å². The van der Waals surface area contributed by atoms with E-state index in [0.29, 0.717) is 5.56 Å². The number of hydrogen-bond acceptors (Lipinski definition) is 3. The van der Waals surface area contributed by atoms with Crippen LogP contribution in [0.3, 0.4) is 0 Å². The predicted octanol–water partition coefficient (Wildman–Crippen LogP) is 3.60. The maximum absolute atomic E-state index is 12.4. The zero-order valence-corrected chi connectivity index (χ0v) is 11.0. The Morgan fingerprint density at radius 3 is 2.45 bits per heavy atom. The summed E-state index contributed by atoms with van der Waals surface area (Å²) in [5, 5.41) is 5.57. The molecular weight excluding hydrogens is 289 g/mol. The first-order chi connectivity index (χ1) is 9.47. The first kappa shape index (κ1) is 14.4. The summed E-state index contributed by atoms with van der Waals surface area (Å²) in [6.45, 7) is 0.0597. The van der Waals surface area contributed by atoms with Gasteiger partial charge in [-0.2, -0.15) is 13.2 Å². The molecule has 20 heavy (non-hydrogen) atoms. The number of hydrogen-bond donors (Lipinski definition) is 1. The van der Waals surface area contributed by atoms with E-state index in [0.717, 1.165) is 17.0 Å². The third-order valence-electron chi connectivity index (χ3n) is 2.45. The molecule has 7 heteroatoms. The third kappa shape index (κ3) is 3.74. The van der Waals surface area contributed by atoms with Crippen molar-refractivity contribution in [3.8, 4) is 0 Å². The van der Waals surface area contributed by atoms with Gasteiger partial charge in [0.15, 0.2) is 5.84 Å². The summed E-state index contributed by atoms with van der Waals surface area (Å²) in [7, 11) is 0. The number of nitrogens with two attached hydrogens (primary N) is 1. The summed E-state index contributed by atoms with van der Waals surface area (Å²) < 4.78 is 37.1. The second-order valence-corrected chi connectivity index (χ2v) is 4.87. The molecule has 0 aliphatic rings. The number of alkyl halides is 3. The number of benzene rings is 1. The first-order valence-electron chi connectivity index (χ1n) is 5.62. The summed E-state index contributed by atoms with van der Waals surface area (Å²) in [4.78, 5) is 5.79. The van der Waals surface area contributed by atoms with Crippen molar-refractivity contribution in [2.45, 2.75) is 12.8 Å². The molecule has 2 rings (SSSR count). The number of oxime groups is 1. The van der Waals surface area contributed by atoms with Crippen LogP contribution in [0.5, 0.6) is 0 Å². The average molecular weight is 300 g/mol. The van der Waals surface area contributed by atoms with Crippen LogP contribution in [0.1, 0.15) is 16.0 Å². The topological polar surface area (TPSA) is 47.6 Å². The van der Waals surface area contributed by atoms with Gasteiger partial charge in [0.05, 0.1) is 10.4 Å². The predicted molar refractivity (Wildman–Crippen MR) is 71.3 cm³/mol. The molecule has 0 unspecified atom stereocenters. The van der Waals surface area contributed by atoms with E-state index in [1.165, 1.54) is 23.5 Å². The summed E-state index contributed by atoms with van der Waals surface area (Å²) in [6.07, 6.45) is -4.33. The van der Waals surface area contributed by atoms with Crippen LogP contribution >= 0.6 is 11.3 Å². The fourth-order valence-corrected chi connectivity index (χ4v) is 2.05. The number of nitrogens with zero attached hydrogens (tertiary/aromatic N) is 1. The van der Waals surface area contributed by atoms with E-state index >= 15 is 0 Å². The monoisotopic (exact) mass is 300 g/mol. The van der Waals surface area contributed by atoms with E-state index in [9.17, 15) is 13.2 Å². The SMILES string of the molecule is N/C(=N\OCc1ccc(C(F)(F)F)cc1)c1cccs1. The quantitative estimate of drug-likeness (QED) is 0.533. The van der Waals surface area contributed by atoms with Gasteiger partial charge in [-0.1, -0.05) is 23.4 Å². The lowest BCUT2D eigenvalue weighted by atomic mass is 10.1. The highest BCUT2D eigenvalue weighted by Gasteiger charge is 2.29. The number of rotatable bonds is 4. The van der Waals surface area contributed by atoms with Crippen LogP contribution in [-0.4, -0.2) is 5.84 Å². The lowest BCUT2D eigenvalue weighted by molar-refractivity contribution is -0.137. The second kappa shape index (κ2) is 5.96. The molecule has 0 bridgehead atoms. The maximum Gasteiger partial charge on any atom is 0.416 e. The van der Waals surface area contributed by atoms with E-state index in [1.54, 1.807) is 6.07 Å². The van der Waals surface area contributed by atoms with Gasteiger partial charge in [0.2, 0.25) is 0 Å². The Kier molecular flexibility index (Phi) is 4.29. The Balaban J connectivity index is 1.93. The molecule has 0 amide bonds. The number of amidine groups is 1. The van der Waals surface area contributed by atoms with Gasteiger partial charge in [-0.15, -0.1) is 11.3 Å². The van der Waals surface area contributed by atoms with Crippen LogP contribution in [-0.2, 0) is 17.6 Å². The Labute approximate surface area is 117 Å². The van der Waals surface area contributed by atoms with Crippen molar-refractivity contribution in [1.82, 2.24) is 0 Å². The van der Waals surface area contributed by atoms with Gasteiger partial charge in [-0.05, 0) is 29.1 Å². The molecule has 0 fully saturated rings. The van der Waals surface area contributed by atoms with Crippen molar-refractivity contribution in [3.05, 3.63) is 57.8 Å². The third-order valence-corrected chi connectivity index (χ3v) is 3.34. The number of halogens is 3. The lowest BCUT2D eigenvalue weighted by Gasteiger charge is -2.07. The fourth-order valence-electron chi connectivity index (χ4n) is 1.44. The second-order valence-electron chi connectivity index (χ2n) is 3.92. The summed E-state index contributed by atoms with van der Waals surface area (Å²) in [5.74, 6) is 0.243. The highest BCUT2D eigenvalue weighted by molar-refractivity contribution is 7.12. The minimum Gasteiger partial charge on any atom is -0.389 e. The molecule has 0 atom stereocenters. The van der Waals surface area contributed by atoms with Gasteiger partial charge in [0.1, 0.15) is 6.61 Å². The van der Waals surface area contributed by atoms with Crippen molar-refractivity contribution >= 4 is 17.2 Å². The van der Waals surface area contributed by atoms with Crippen molar-refractivity contribution < 1.29 is 18.0 Å². The van der Waals surface area contributed by atoms with E-state index < -0.39 is 11.7 Å². The molecule has 0 spiro atoms. The summed E-state index contributed by atoms with van der Waals surface area (Å²) in [5.41, 5.74) is 5.56. The van der Waals surface area contributed by atoms with Gasteiger partial charge in [-0.3, -0.25) is 0 Å². The largest absolute Gasteiger partial charge is 0.416 e. The fraction of sp³-hybridized carbons (Fsp3) is 0.154. The highest BCUT2D eigenvalue weighted by atomic mass is 32.1. The molecule has 0 radical (unpaired) electrons. The molecule has 0 aliphatic heterocycles. The Bertz CT molecular complexity index is 577. The van der Waals surface area contributed by atoms with Crippen LogP contribution in [0, 0.1) is 0 Å². The minimum atomic E-state index is -4.33. The average Bonchev–Trinajstić information content (AvgIpc) is 2.92.